The third-order valence-corrected chi connectivity index (χ3v) is 4.75. The van der Waals surface area contributed by atoms with E-state index in [1.807, 2.05) is 38.1 Å². The minimum Gasteiger partial charge on any atom is -0.269 e. The molecule has 23 heavy (non-hydrogen) atoms. The summed E-state index contributed by atoms with van der Waals surface area (Å²) in [5.74, 6) is -0.591. The van der Waals surface area contributed by atoms with E-state index in [0.29, 0.717) is 15.5 Å². The number of urea groups is 1. The summed E-state index contributed by atoms with van der Waals surface area (Å²) in [4.78, 5) is 25.0. The lowest BCUT2D eigenvalue weighted by molar-refractivity contribution is -0.128. The Morgan fingerprint density at radius 2 is 1.17 bits per heavy atom. The van der Waals surface area contributed by atoms with Crippen molar-refractivity contribution >= 4 is 35.5 Å². The molecule has 0 radical (unpaired) electrons. The maximum absolute atomic E-state index is 12.9. The molecule has 1 aliphatic rings. The predicted molar refractivity (Wildman–Crippen MR) is 88.9 cm³/mol. The Hall–Kier alpha value is -2.04. The van der Waals surface area contributed by atoms with Crippen molar-refractivity contribution in [3.8, 4) is 0 Å². The molecule has 1 fully saturated rings. The highest BCUT2D eigenvalue weighted by molar-refractivity contribution is 6.39. The van der Waals surface area contributed by atoms with Crippen LogP contribution in [0.4, 0.5) is 4.79 Å². The Kier molecular flexibility index (Phi) is 3.82. The van der Waals surface area contributed by atoms with Gasteiger partial charge in [-0.3, -0.25) is 4.79 Å². The fraction of sp³-hybridized carbons (Fsp3) is 0.176. The maximum Gasteiger partial charge on any atom is 0.358 e. The van der Waals surface area contributed by atoms with Crippen LogP contribution >= 0.6 is 23.6 Å². The summed E-state index contributed by atoms with van der Waals surface area (Å²) in [6.45, 7) is 3.88. The first-order chi connectivity index (χ1) is 10.9. The van der Waals surface area contributed by atoms with Crippen LogP contribution in [-0.4, -0.2) is 20.8 Å². The van der Waals surface area contributed by atoms with Crippen LogP contribution in [-0.2, 0) is 10.3 Å². The minimum absolute atomic E-state index is 0.534. The molecule has 3 amide bonds. The number of imide groups is 1. The number of aryl methyl sites for hydroxylation is 2. The van der Waals surface area contributed by atoms with Crippen molar-refractivity contribution < 1.29 is 9.59 Å². The Bertz CT molecular complexity index is 727. The van der Waals surface area contributed by atoms with E-state index in [1.54, 1.807) is 24.3 Å². The van der Waals surface area contributed by atoms with E-state index in [1.165, 1.54) is 0 Å². The lowest BCUT2D eigenvalue weighted by Crippen LogP contribution is -2.43. The SMILES string of the molecule is Cc1ccc(C2(c3ccc(C)cc3)C(=O)N(Cl)C(=O)N2Cl)cc1. The van der Waals surface area contributed by atoms with Gasteiger partial charge in [-0.25, -0.2) is 9.21 Å². The first-order valence-electron chi connectivity index (χ1n) is 7.03. The second-order valence-corrected chi connectivity index (χ2v) is 6.27. The van der Waals surface area contributed by atoms with Crippen LogP contribution in [0.25, 0.3) is 0 Å². The second-order valence-electron chi connectivity index (χ2n) is 5.59. The van der Waals surface area contributed by atoms with E-state index in [-0.39, 0.29) is 0 Å². The van der Waals surface area contributed by atoms with Crippen LogP contribution in [0.5, 0.6) is 0 Å². The van der Waals surface area contributed by atoms with Crippen molar-refractivity contribution in [2.75, 3.05) is 0 Å². The summed E-state index contributed by atoms with van der Waals surface area (Å²) in [6, 6.07) is 13.8. The first-order valence-corrected chi connectivity index (χ1v) is 7.71. The topological polar surface area (TPSA) is 40.6 Å². The number of carbonyl (C=O) groups is 2. The fourth-order valence-corrected chi connectivity index (χ4v) is 3.34. The molecule has 0 spiro atoms. The highest BCUT2D eigenvalue weighted by atomic mass is 35.5. The van der Waals surface area contributed by atoms with Crippen molar-refractivity contribution in [3.05, 3.63) is 70.8 Å². The molecule has 118 valence electrons. The van der Waals surface area contributed by atoms with E-state index >= 15 is 0 Å². The first kappa shape index (κ1) is 15.8. The van der Waals surface area contributed by atoms with E-state index in [9.17, 15) is 9.59 Å². The predicted octanol–water partition coefficient (Wildman–Crippen LogP) is 4.12. The van der Waals surface area contributed by atoms with E-state index < -0.39 is 17.5 Å². The normalized spacial score (nSPS) is 17.0. The number of amides is 3. The molecule has 0 aliphatic carbocycles. The molecule has 6 heteroatoms. The Morgan fingerprint density at radius 3 is 1.48 bits per heavy atom. The quantitative estimate of drug-likeness (QED) is 0.605. The average Bonchev–Trinajstić information content (AvgIpc) is 2.72. The molecule has 3 rings (SSSR count). The molecule has 0 saturated carbocycles. The number of halogens is 2. The molecule has 2 aromatic rings. The number of hydrogen-bond donors (Lipinski definition) is 0. The Balaban J connectivity index is 2.30. The molecule has 1 saturated heterocycles. The van der Waals surface area contributed by atoms with Crippen LogP contribution < -0.4 is 0 Å². The van der Waals surface area contributed by atoms with Gasteiger partial charge in [0.25, 0.3) is 5.91 Å². The van der Waals surface area contributed by atoms with Gasteiger partial charge in [-0.1, -0.05) is 59.7 Å². The summed E-state index contributed by atoms with van der Waals surface area (Å²) in [5.41, 5.74) is 1.77. The van der Waals surface area contributed by atoms with Gasteiger partial charge in [-0.05, 0) is 25.0 Å². The molecule has 1 heterocycles. The zero-order valence-electron chi connectivity index (χ0n) is 12.6. The molecule has 0 unspecified atom stereocenters. The van der Waals surface area contributed by atoms with Gasteiger partial charge in [0.1, 0.15) is 0 Å². The van der Waals surface area contributed by atoms with Gasteiger partial charge in [-0.15, -0.1) is 0 Å². The van der Waals surface area contributed by atoms with Crippen LogP contribution in [0.1, 0.15) is 22.3 Å². The monoisotopic (exact) mass is 348 g/mol. The van der Waals surface area contributed by atoms with Gasteiger partial charge in [0.2, 0.25) is 0 Å². The third kappa shape index (κ3) is 2.21. The van der Waals surface area contributed by atoms with Crippen LogP contribution in [0.15, 0.2) is 48.5 Å². The molecule has 1 aliphatic heterocycles. The van der Waals surface area contributed by atoms with Crippen LogP contribution in [0, 0.1) is 13.8 Å². The van der Waals surface area contributed by atoms with E-state index in [0.717, 1.165) is 15.5 Å². The third-order valence-electron chi connectivity index (χ3n) is 4.06. The molecular weight excluding hydrogens is 335 g/mol. The van der Waals surface area contributed by atoms with Gasteiger partial charge >= 0.3 is 6.03 Å². The molecule has 4 nitrogen and oxygen atoms in total. The Morgan fingerprint density at radius 1 is 0.783 bits per heavy atom. The Labute approximate surface area is 144 Å². The van der Waals surface area contributed by atoms with Crippen molar-refractivity contribution in [3.63, 3.8) is 0 Å². The number of hydrogen-bond acceptors (Lipinski definition) is 2. The zero-order valence-corrected chi connectivity index (χ0v) is 14.1. The number of nitrogens with zero attached hydrogens (tertiary/aromatic N) is 2. The molecular formula is C17H14Cl2N2O2. The summed E-state index contributed by atoms with van der Waals surface area (Å²) in [6.07, 6.45) is 0. The van der Waals surface area contributed by atoms with Crippen molar-refractivity contribution in [1.29, 1.82) is 0 Å². The van der Waals surface area contributed by atoms with Gasteiger partial charge in [0.15, 0.2) is 5.54 Å². The number of rotatable bonds is 2. The summed E-state index contributed by atoms with van der Waals surface area (Å²) >= 11 is 12.1. The second kappa shape index (κ2) is 5.55. The lowest BCUT2D eigenvalue weighted by atomic mass is 9.82. The highest BCUT2D eigenvalue weighted by Crippen LogP contribution is 2.45. The summed E-state index contributed by atoms with van der Waals surface area (Å²) in [7, 11) is 0. The van der Waals surface area contributed by atoms with E-state index in [4.69, 9.17) is 23.6 Å². The molecule has 2 aromatic carbocycles. The molecule has 0 aromatic heterocycles. The van der Waals surface area contributed by atoms with Gasteiger partial charge < -0.3 is 0 Å². The van der Waals surface area contributed by atoms with Gasteiger partial charge in [0.05, 0.1) is 0 Å². The van der Waals surface area contributed by atoms with Crippen LogP contribution in [0.3, 0.4) is 0 Å². The number of benzene rings is 2. The highest BCUT2D eigenvalue weighted by Gasteiger charge is 2.59. The van der Waals surface area contributed by atoms with E-state index in [2.05, 4.69) is 0 Å². The van der Waals surface area contributed by atoms with Crippen molar-refractivity contribution in [2.24, 2.45) is 0 Å². The molecule has 0 N–H and O–H groups in total. The maximum atomic E-state index is 12.9. The largest absolute Gasteiger partial charge is 0.358 e. The smallest absolute Gasteiger partial charge is 0.269 e. The average molecular weight is 349 g/mol. The standard InChI is InChI=1S/C17H14Cl2N2O2/c1-11-3-7-13(8-4-11)17(14-9-5-12(2)6-10-14)15(22)20(18)16(23)21(17)19/h3-10H,1-2H3. The summed E-state index contributed by atoms with van der Waals surface area (Å²) in [5, 5.41) is 0. The van der Waals surface area contributed by atoms with Crippen molar-refractivity contribution in [1.82, 2.24) is 8.84 Å². The van der Waals surface area contributed by atoms with Gasteiger partial charge in [0, 0.05) is 23.6 Å². The minimum atomic E-state index is -1.47. The molecule has 0 atom stereocenters. The molecule has 0 bridgehead atoms. The van der Waals surface area contributed by atoms with Crippen molar-refractivity contribution in [2.45, 2.75) is 19.4 Å². The number of carbonyl (C=O) groups excluding carboxylic acids is 2. The fourth-order valence-electron chi connectivity index (χ4n) is 2.76. The van der Waals surface area contributed by atoms with Gasteiger partial charge in [-0.2, -0.15) is 4.42 Å². The summed E-state index contributed by atoms with van der Waals surface area (Å²) < 4.78 is 1.41. The zero-order chi connectivity index (χ0) is 16.8. The van der Waals surface area contributed by atoms with Crippen LogP contribution in [0.2, 0.25) is 0 Å². The lowest BCUT2D eigenvalue weighted by Gasteiger charge is -2.31.